The molecule has 42 heavy (non-hydrogen) atoms. The van der Waals surface area contributed by atoms with E-state index in [4.69, 9.17) is 0 Å². The Labute approximate surface area is 245 Å². The van der Waals surface area contributed by atoms with Crippen molar-refractivity contribution in [2.24, 2.45) is 0 Å². The largest absolute Gasteiger partial charge is 0.338 e. The van der Waals surface area contributed by atoms with Crippen LogP contribution in [0.4, 0.5) is 27.5 Å². The van der Waals surface area contributed by atoms with Crippen LogP contribution in [0, 0.1) is 0 Å². The molecule has 2 heterocycles. The molecule has 2 aliphatic heterocycles. The lowest BCUT2D eigenvalue weighted by molar-refractivity contribution is 0.255. The van der Waals surface area contributed by atoms with Gasteiger partial charge in [-0.3, -0.25) is 9.80 Å². The van der Waals surface area contributed by atoms with Crippen LogP contribution < -0.4 is 26.2 Å². The molecule has 0 radical (unpaired) electrons. The highest BCUT2D eigenvalue weighted by Crippen LogP contribution is 2.52. The van der Waals surface area contributed by atoms with E-state index in [2.05, 4.69) is 135 Å². The molecule has 6 aromatic carbocycles. The van der Waals surface area contributed by atoms with Gasteiger partial charge in [0, 0.05) is 16.5 Å². The van der Waals surface area contributed by atoms with Crippen LogP contribution in [0.15, 0.2) is 127 Å². The maximum atomic E-state index is 14.9. The van der Waals surface area contributed by atoms with Crippen LogP contribution in [0.1, 0.15) is 25.0 Å². The molecule has 0 unspecified atom stereocenters. The monoisotopic (exact) mass is 538 g/mol. The van der Waals surface area contributed by atoms with Gasteiger partial charge in [0.05, 0.1) is 17.1 Å². The third-order valence-electron chi connectivity index (χ3n) is 9.63. The summed E-state index contributed by atoms with van der Waals surface area (Å²) >= 11 is 0. The molecule has 0 bridgehead atoms. The van der Waals surface area contributed by atoms with Crippen LogP contribution in [0.3, 0.4) is 0 Å². The van der Waals surface area contributed by atoms with E-state index >= 15 is 0 Å². The van der Waals surface area contributed by atoms with Crippen molar-refractivity contribution < 1.29 is 4.79 Å². The smallest absolute Gasteiger partial charge is 0.263 e. The number of nitrogens with zero attached hydrogens (tertiary/aromatic N) is 2. The normalized spacial score (nSPS) is 15.5. The highest BCUT2D eigenvalue weighted by molar-refractivity contribution is 6.98. The van der Waals surface area contributed by atoms with E-state index in [9.17, 15) is 4.79 Å². The summed E-state index contributed by atoms with van der Waals surface area (Å²) < 4.78 is 0. The molecule has 198 valence electrons. The Morgan fingerprint density at radius 3 is 2.21 bits per heavy atom. The Balaban J connectivity index is 1.32. The van der Waals surface area contributed by atoms with Gasteiger partial charge in [-0.05, 0) is 62.8 Å². The van der Waals surface area contributed by atoms with Crippen LogP contribution >= 0.6 is 0 Å². The van der Waals surface area contributed by atoms with Crippen molar-refractivity contribution in [1.82, 2.24) is 0 Å². The van der Waals surface area contributed by atoms with Crippen LogP contribution in [-0.4, -0.2) is 12.7 Å². The standard InChI is InChI=1S/C38H27BN2O/c1-38(2)29-15-7-6-14-27(29)28-21-20-26(23-30(28)38)40-34-18-10-11-24-19-22-32-36(35(24)34)41(37(40)42)33-17-9-8-16-31(33)39(32)25-12-4-3-5-13-25/h3-23H,1-2H3. The first kappa shape index (κ1) is 23.6. The summed E-state index contributed by atoms with van der Waals surface area (Å²) in [6.07, 6.45) is 0. The molecule has 2 amide bonds. The van der Waals surface area contributed by atoms with E-state index in [1.165, 1.54) is 33.2 Å². The average molecular weight is 538 g/mol. The molecular formula is C38H27BN2O. The van der Waals surface area contributed by atoms with Gasteiger partial charge in [-0.2, -0.15) is 0 Å². The lowest BCUT2D eigenvalue weighted by atomic mass is 9.35. The second-order valence-electron chi connectivity index (χ2n) is 12.1. The van der Waals surface area contributed by atoms with E-state index in [1.54, 1.807) is 0 Å². The van der Waals surface area contributed by atoms with Crippen molar-refractivity contribution in [1.29, 1.82) is 0 Å². The highest BCUT2D eigenvalue weighted by Gasteiger charge is 2.44. The lowest BCUT2D eigenvalue weighted by Gasteiger charge is -2.43. The fourth-order valence-electron chi connectivity index (χ4n) is 7.73. The molecule has 0 N–H and O–H groups in total. The number of amides is 2. The molecule has 9 rings (SSSR count). The summed E-state index contributed by atoms with van der Waals surface area (Å²) in [6, 6.07) is 45.0. The van der Waals surface area contributed by atoms with Gasteiger partial charge < -0.3 is 0 Å². The number of urea groups is 1. The third kappa shape index (κ3) is 2.94. The molecule has 4 heteroatoms. The molecule has 0 fully saturated rings. The number of fused-ring (bicyclic) bond motifs is 5. The van der Waals surface area contributed by atoms with Gasteiger partial charge in [0.1, 0.15) is 0 Å². The first-order valence-corrected chi connectivity index (χ1v) is 14.6. The van der Waals surface area contributed by atoms with Gasteiger partial charge in [0.25, 0.3) is 0 Å². The number of hydrogen-bond donors (Lipinski definition) is 0. The molecule has 0 atom stereocenters. The molecule has 6 aromatic rings. The summed E-state index contributed by atoms with van der Waals surface area (Å²) in [6.45, 7) is 4.61. The topological polar surface area (TPSA) is 23.6 Å². The Hall–Kier alpha value is -5.09. The fourth-order valence-corrected chi connectivity index (χ4v) is 7.73. The number of carbonyl (C=O) groups excluding carboxylic acids is 1. The SMILES string of the molecule is CC1(C)c2ccccc2-c2ccc(N3C(=O)N4c5ccccc5B(c5ccccc5)c5ccc6cccc3c6c54)cc21. The minimum atomic E-state index is -0.154. The van der Waals surface area contributed by atoms with Crippen molar-refractivity contribution >= 4 is 62.7 Å². The van der Waals surface area contributed by atoms with Crippen LogP contribution in [0.2, 0.25) is 0 Å². The van der Waals surface area contributed by atoms with Gasteiger partial charge in [0.2, 0.25) is 6.71 Å². The number of rotatable bonds is 2. The third-order valence-corrected chi connectivity index (χ3v) is 9.63. The second kappa shape index (κ2) is 8.24. The summed E-state index contributed by atoms with van der Waals surface area (Å²) in [5, 5.41) is 2.25. The minimum absolute atomic E-state index is 0.0461. The Morgan fingerprint density at radius 1 is 0.595 bits per heavy atom. The van der Waals surface area contributed by atoms with Gasteiger partial charge >= 0.3 is 6.03 Å². The number of carbonyl (C=O) groups is 1. The Morgan fingerprint density at radius 2 is 1.33 bits per heavy atom. The number of hydrogen-bond acceptors (Lipinski definition) is 1. The zero-order valence-electron chi connectivity index (χ0n) is 23.5. The molecule has 1 aliphatic carbocycles. The molecule has 0 saturated carbocycles. The number of para-hydroxylation sites is 1. The van der Waals surface area contributed by atoms with Crippen LogP contribution in [0.5, 0.6) is 0 Å². The van der Waals surface area contributed by atoms with E-state index in [0.29, 0.717) is 0 Å². The van der Waals surface area contributed by atoms with Crippen molar-refractivity contribution in [3.05, 3.63) is 139 Å². The van der Waals surface area contributed by atoms with Crippen LogP contribution in [0.25, 0.3) is 21.9 Å². The first-order chi connectivity index (χ1) is 20.5. The number of benzene rings is 6. The predicted molar refractivity (Wildman–Crippen MR) is 175 cm³/mol. The van der Waals surface area contributed by atoms with E-state index in [0.717, 1.165) is 39.0 Å². The molecule has 3 nitrogen and oxygen atoms in total. The summed E-state index contributed by atoms with van der Waals surface area (Å²) in [4.78, 5) is 18.8. The van der Waals surface area contributed by atoms with E-state index < -0.39 is 0 Å². The van der Waals surface area contributed by atoms with Crippen molar-refractivity contribution in [3.8, 4) is 11.1 Å². The Kier molecular flexibility index (Phi) is 4.63. The summed E-state index contributed by atoms with van der Waals surface area (Å²) in [5.41, 5.74) is 12.3. The molecule has 0 spiro atoms. The summed E-state index contributed by atoms with van der Waals surface area (Å²) in [5.74, 6) is 0. The van der Waals surface area contributed by atoms with Crippen molar-refractivity contribution in [3.63, 3.8) is 0 Å². The maximum Gasteiger partial charge on any atom is 0.338 e. The molecule has 0 aromatic heterocycles. The Bertz CT molecular complexity index is 2120. The first-order valence-electron chi connectivity index (χ1n) is 14.6. The second-order valence-corrected chi connectivity index (χ2v) is 12.1. The van der Waals surface area contributed by atoms with Crippen molar-refractivity contribution in [2.45, 2.75) is 19.3 Å². The zero-order valence-corrected chi connectivity index (χ0v) is 23.5. The highest BCUT2D eigenvalue weighted by atomic mass is 16.2. The van der Waals surface area contributed by atoms with Gasteiger partial charge in [-0.25, -0.2) is 4.79 Å². The predicted octanol–water partition coefficient (Wildman–Crippen LogP) is 7.39. The fraction of sp³-hybridized carbons (Fsp3) is 0.0789. The lowest BCUT2D eigenvalue weighted by Crippen LogP contribution is -2.60. The van der Waals surface area contributed by atoms with E-state index in [1.807, 2.05) is 15.9 Å². The van der Waals surface area contributed by atoms with E-state index in [-0.39, 0.29) is 18.2 Å². The summed E-state index contributed by atoms with van der Waals surface area (Å²) in [7, 11) is 0. The average Bonchev–Trinajstić information content (AvgIpc) is 3.26. The molecule has 3 aliphatic rings. The van der Waals surface area contributed by atoms with Gasteiger partial charge in [0.15, 0.2) is 0 Å². The van der Waals surface area contributed by atoms with Gasteiger partial charge in [-0.15, -0.1) is 0 Å². The minimum Gasteiger partial charge on any atom is -0.263 e. The number of anilines is 4. The zero-order chi connectivity index (χ0) is 28.2. The van der Waals surface area contributed by atoms with Crippen LogP contribution in [-0.2, 0) is 5.41 Å². The molecule has 0 saturated heterocycles. The quantitative estimate of drug-likeness (QED) is 0.211. The van der Waals surface area contributed by atoms with Gasteiger partial charge in [-0.1, -0.05) is 122 Å². The molecular weight excluding hydrogens is 511 g/mol. The maximum absolute atomic E-state index is 14.9. The van der Waals surface area contributed by atoms with Crippen molar-refractivity contribution in [2.75, 3.05) is 9.80 Å².